The average Bonchev–Trinajstić information content (AvgIpc) is 2.60. The van der Waals surface area contributed by atoms with Crippen molar-refractivity contribution in [3.8, 4) is 5.75 Å². The van der Waals surface area contributed by atoms with Crippen LogP contribution < -0.4 is 4.74 Å². The normalized spacial score (nSPS) is 16.8. The summed E-state index contributed by atoms with van der Waals surface area (Å²) in [5.41, 5.74) is 1.63. The Balaban J connectivity index is 2.10. The van der Waals surface area contributed by atoms with Crippen LogP contribution in [0.4, 0.5) is 0 Å². The van der Waals surface area contributed by atoms with Crippen LogP contribution in [0.25, 0.3) is 9.65 Å². The molecule has 17 heavy (non-hydrogen) atoms. The van der Waals surface area contributed by atoms with Gasteiger partial charge in [0.25, 0.3) is 0 Å². The van der Waals surface area contributed by atoms with Crippen LogP contribution in [0.3, 0.4) is 0 Å². The number of likely N-dealkylation sites (N-methyl/N-ethyl adjacent to an activating group) is 1. The first-order valence-corrected chi connectivity index (χ1v) is 7.76. The Morgan fingerprint density at radius 2 is 2.06 bits per heavy atom. The van der Waals surface area contributed by atoms with Gasteiger partial charge < -0.3 is 0 Å². The molecule has 2 nitrogen and oxygen atoms in total. The van der Waals surface area contributed by atoms with Gasteiger partial charge in [0.15, 0.2) is 0 Å². The van der Waals surface area contributed by atoms with Crippen molar-refractivity contribution >= 4 is 24.1 Å². The van der Waals surface area contributed by atoms with E-state index in [1.54, 1.807) is 17.1 Å². The van der Waals surface area contributed by atoms with Crippen LogP contribution in [-0.2, 0) is 12.8 Å². The third-order valence-electron chi connectivity index (χ3n) is 3.55. The molecule has 0 unspecified atom stereocenters. The summed E-state index contributed by atoms with van der Waals surface area (Å²) in [5.74, 6) is 1.00. The second-order valence-electron chi connectivity index (χ2n) is 4.67. The van der Waals surface area contributed by atoms with Crippen LogP contribution in [0.5, 0.6) is 5.75 Å². The first-order valence-electron chi connectivity index (χ1n) is 6.05. The number of ether oxygens (including phenoxy) is 1. The molecular formula is C14H17NOSe. The minimum atomic E-state index is 0.532. The zero-order valence-electron chi connectivity index (χ0n) is 10.3. The molecule has 0 saturated heterocycles. The summed E-state index contributed by atoms with van der Waals surface area (Å²) in [6.45, 7) is 2.41. The van der Waals surface area contributed by atoms with Gasteiger partial charge in [-0.05, 0) is 0 Å². The Labute approximate surface area is 108 Å². The summed E-state index contributed by atoms with van der Waals surface area (Å²) >= 11 is 0.532. The van der Waals surface area contributed by atoms with E-state index in [0.717, 1.165) is 5.75 Å². The molecule has 1 aromatic carbocycles. The first kappa shape index (κ1) is 11.3. The van der Waals surface area contributed by atoms with Crippen molar-refractivity contribution in [1.29, 1.82) is 0 Å². The Bertz CT molecular complexity index is 546. The van der Waals surface area contributed by atoms with Gasteiger partial charge in [-0.15, -0.1) is 0 Å². The standard InChI is InChI=1S/C14H17NOSe/c1-15-7-5-12-11-4-3-10(16-2)9-14(11)17-13(12)6-8-15/h3-4,9H,5-8H2,1-2H3. The van der Waals surface area contributed by atoms with Crippen LogP contribution in [0.2, 0.25) is 0 Å². The number of methoxy groups -OCH3 is 1. The van der Waals surface area contributed by atoms with Crippen molar-refractivity contribution in [2.45, 2.75) is 12.8 Å². The summed E-state index contributed by atoms with van der Waals surface area (Å²) in [5, 5.41) is 1.50. The number of hydrogen-bond donors (Lipinski definition) is 0. The van der Waals surface area contributed by atoms with Crippen LogP contribution in [-0.4, -0.2) is 46.7 Å². The molecule has 0 N–H and O–H groups in total. The second kappa shape index (κ2) is 4.49. The molecule has 0 atom stereocenters. The van der Waals surface area contributed by atoms with E-state index < -0.39 is 0 Å². The van der Waals surface area contributed by atoms with Gasteiger partial charge in [0, 0.05) is 0 Å². The molecule has 0 spiro atoms. The summed E-state index contributed by atoms with van der Waals surface area (Å²) in [4.78, 5) is 2.44. The van der Waals surface area contributed by atoms with Crippen molar-refractivity contribution in [2.75, 3.05) is 27.2 Å². The van der Waals surface area contributed by atoms with Crippen molar-refractivity contribution in [3.05, 3.63) is 28.2 Å². The van der Waals surface area contributed by atoms with E-state index in [2.05, 4.69) is 30.1 Å². The number of fused-ring (bicyclic) bond motifs is 3. The van der Waals surface area contributed by atoms with E-state index >= 15 is 0 Å². The molecule has 2 heterocycles. The van der Waals surface area contributed by atoms with E-state index in [0.29, 0.717) is 14.5 Å². The molecule has 1 aliphatic rings. The molecule has 90 valence electrons. The predicted octanol–water partition coefficient (Wildman–Crippen LogP) is 1.94. The number of benzene rings is 1. The van der Waals surface area contributed by atoms with Gasteiger partial charge in [-0.25, -0.2) is 0 Å². The van der Waals surface area contributed by atoms with Gasteiger partial charge in [0.2, 0.25) is 0 Å². The average molecular weight is 294 g/mol. The monoisotopic (exact) mass is 295 g/mol. The van der Waals surface area contributed by atoms with Crippen molar-refractivity contribution < 1.29 is 4.74 Å². The molecule has 3 heteroatoms. The van der Waals surface area contributed by atoms with Crippen LogP contribution in [0.1, 0.15) is 10.0 Å². The zero-order chi connectivity index (χ0) is 11.8. The molecular weight excluding hydrogens is 277 g/mol. The molecule has 0 aliphatic carbocycles. The van der Waals surface area contributed by atoms with E-state index in [1.165, 1.54) is 35.6 Å². The topological polar surface area (TPSA) is 12.5 Å². The number of nitrogens with zero attached hydrogens (tertiary/aromatic N) is 1. The minimum absolute atomic E-state index is 0.532. The fourth-order valence-electron chi connectivity index (χ4n) is 2.49. The van der Waals surface area contributed by atoms with Gasteiger partial charge in [-0.3, -0.25) is 0 Å². The first-order chi connectivity index (χ1) is 8.28. The van der Waals surface area contributed by atoms with E-state index in [9.17, 15) is 0 Å². The van der Waals surface area contributed by atoms with Gasteiger partial charge >= 0.3 is 108 Å². The maximum absolute atomic E-state index is 5.32. The van der Waals surface area contributed by atoms with Crippen LogP contribution in [0, 0.1) is 0 Å². The van der Waals surface area contributed by atoms with Gasteiger partial charge in [0.1, 0.15) is 0 Å². The number of rotatable bonds is 1. The van der Waals surface area contributed by atoms with Gasteiger partial charge in [-0.2, -0.15) is 0 Å². The molecule has 0 saturated carbocycles. The van der Waals surface area contributed by atoms with Gasteiger partial charge in [0.05, 0.1) is 0 Å². The Morgan fingerprint density at radius 1 is 1.24 bits per heavy atom. The van der Waals surface area contributed by atoms with Gasteiger partial charge in [-0.1, -0.05) is 0 Å². The quantitative estimate of drug-likeness (QED) is 0.745. The zero-order valence-corrected chi connectivity index (χ0v) is 12.0. The molecule has 2 aromatic rings. The molecule has 0 radical (unpaired) electrons. The Hall–Kier alpha value is -0.761. The molecule has 3 rings (SSSR count). The molecule has 0 amide bonds. The maximum atomic E-state index is 5.32. The van der Waals surface area contributed by atoms with E-state index in [4.69, 9.17) is 4.74 Å². The fourth-order valence-corrected chi connectivity index (χ4v) is 5.16. The number of hydrogen-bond acceptors (Lipinski definition) is 2. The Kier molecular flexibility index (Phi) is 2.99. The third kappa shape index (κ3) is 2.03. The summed E-state index contributed by atoms with van der Waals surface area (Å²) in [6, 6.07) is 6.58. The second-order valence-corrected chi connectivity index (χ2v) is 7.05. The predicted molar refractivity (Wildman–Crippen MR) is 72.3 cm³/mol. The Morgan fingerprint density at radius 3 is 2.88 bits per heavy atom. The summed E-state index contributed by atoms with van der Waals surface area (Å²) in [6.07, 6.45) is 2.47. The molecule has 1 aromatic heterocycles. The molecule has 1 aliphatic heterocycles. The van der Waals surface area contributed by atoms with Crippen LogP contribution >= 0.6 is 0 Å². The van der Waals surface area contributed by atoms with Crippen molar-refractivity contribution in [3.63, 3.8) is 0 Å². The molecule has 0 fully saturated rings. The van der Waals surface area contributed by atoms with Crippen molar-refractivity contribution in [2.24, 2.45) is 0 Å². The summed E-state index contributed by atoms with van der Waals surface area (Å²) < 4.78 is 8.55. The third-order valence-corrected chi connectivity index (χ3v) is 6.18. The molecule has 0 bridgehead atoms. The SMILES string of the molecule is COc1ccc2c3c([se]c2c1)CCN(C)CC3. The van der Waals surface area contributed by atoms with E-state index in [-0.39, 0.29) is 0 Å². The van der Waals surface area contributed by atoms with E-state index in [1.807, 2.05) is 0 Å². The summed E-state index contributed by atoms with van der Waals surface area (Å²) in [7, 11) is 3.97. The van der Waals surface area contributed by atoms with Crippen LogP contribution in [0.15, 0.2) is 18.2 Å². The fraction of sp³-hybridized carbons (Fsp3) is 0.429. The van der Waals surface area contributed by atoms with Crippen molar-refractivity contribution in [1.82, 2.24) is 4.90 Å².